The molecule has 124 valence electrons. The molecule has 1 aliphatic heterocycles. The number of rotatable bonds is 3. The maximum atomic E-state index is 2.38. The van der Waals surface area contributed by atoms with E-state index in [2.05, 4.69) is 48.0 Å². The van der Waals surface area contributed by atoms with Crippen molar-refractivity contribution in [2.75, 3.05) is 26.4 Å². The van der Waals surface area contributed by atoms with Crippen LogP contribution in [0.15, 0.2) is 29.3 Å². The van der Waals surface area contributed by atoms with Gasteiger partial charge in [0.15, 0.2) is 0 Å². The fourth-order valence-corrected chi connectivity index (χ4v) is 3.70. The molecule has 2 heterocycles. The highest BCUT2D eigenvalue weighted by Crippen LogP contribution is 2.35. The summed E-state index contributed by atoms with van der Waals surface area (Å²) in [6.45, 7) is 10.2. The first-order valence-corrected chi connectivity index (χ1v) is 9.62. The predicted octanol–water partition coefficient (Wildman–Crippen LogP) is 5.29. The molecule has 0 saturated heterocycles. The maximum Gasteiger partial charge on any atom is 0.0484 e. The van der Waals surface area contributed by atoms with E-state index in [1.807, 2.05) is 39.5 Å². The Balaban J connectivity index is 0.000000561. The minimum absolute atomic E-state index is 1.07. The first-order valence-electron chi connectivity index (χ1n) is 8.64. The lowest BCUT2D eigenvalue weighted by atomic mass is 10.1. The molecule has 2 nitrogen and oxygen atoms in total. The molecule has 22 heavy (non-hydrogen) atoms. The molecule has 0 radical (unpaired) electrons. The van der Waals surface area contributed by atoms with Crippen LogP contribution in [-0.4, -0.2) is 35.9 Å². The Hall–Kier alpha value is -0.930. The molecule has 0 N–H and O–H groups in total. The van der Waals surface area contributed by atoms with Gasteiger partial charge >= 0.3 is 0 Å². The molecule has 0 amide bonds. The van der Waals surface area contributed by atoms with Crippen molar-refractivity contribution < 1.29 is 0 Å². The molecule has 0 saturated carbocycles. The van der Waals surface area contributed by atoms with Gasteiger partial charge in [-0.15, -0.1) is 11.8 Å². The number of likely N-dealkylation sites (N-methyl/N-ethyl adjacent to an activating group) is 1. The van der Waals surface area contributed by atoms with Gasteiger partial charge in [0.2, 0.25) is 0 Å². The van der Waals surface area contributed by atoms with Crippen LogP contribution in [0.5, 0.6) is 0 Å². The molecule has 0 aliphatic carbocycles. The number of hydrogen-bond acceptors (Lipinski definition) is 2. The molecular weight excluding hydrogens is 288 g/mol. The van der Waals surface area contributed by atoms with Crippen LogP contribution in [0.1, 0.15) is 39.7 Å². The molecule has 3 rings (SSSR count). The first kappa shape index (κ1) is 19.1. The SMILES string of the molecule is CC.CC.CN(C)CCn1ccc2c3c(ccc21)SCCC3. The maximum absolute atomic E-state index is 2.38. The van der Waals surface area contributed by atoms with E-state index in [0.29, 0.717) is 0 Å². The molecule has 1 aliphatic rings. The Morgan fingerprint density at radius 3 is 2.50 bits per heavy atom. The van der Waals surface area contributed by atoms with Gasteiger partial charge < -0.3 is 9.47 Å². The number of fused-ring (bicyclic) bond motifs is 3. The van der Waals surface area contributed by atoms with Gasteiger partial charge in [0.1, 0.15) is 0 Å². The average Bonchev–Trinajstić information content (AvgIpc) is 3.00. The summed E-state index contributed by atoms with van der Waals surface area (Å²) in [4.78, 5) is 3.74. The van der Waals surface area contributed by atoms with Crippen molar-refractivity contribution in [2.45, 2.75) is 52.0 Å². The second-order valence-electron chi connectivity index (χ2n) is 5.24. The lowest BCUT2D eigenvalue weighted by molar-refractivity contribution is 0.387. The van der Waals surface area contributed by atoms with Crippen LogP contribution in [-0.2, 0) is 13.0 Å². The highest BCUT2D eigenvalue weighted by Gasteiger charge is 2.14. The van der Waals surface area contributed by atoms with Crippen molar-refractivity contribution >= 4 is 22.7 Å². The Bertz CT molecular complexity index is 558. The van der Waals surface area contributed by atoms with E-state index in [1.54, 1.807) is 5.56 Å². The standard InChI is InChI=1S/C15H20N2S.2C2H6/c1-16(2)9-10-17-8-7-12-13-4-3-11-18-15(13)6-5-14(12)17;2*1-2/h5-8H,3-4,9-11H2,1-2H3;2*1-2H3. The zero-order chi connectivity index (χ0) is 16.5. The summed E-state index contributed by atoms with van der Waals surface area (Å²) in [7, 11) is 4.26. The summed E-state index contributed by atoms with van der Waals surface area (Å²) in [5.74, 6) is 1.28. The van der Waals surface area contributed by atoms with Gasteiger partial charge in [-0.05, 0) is 56.5 Å². The largest absolute Gasteiger partial charge is 0.346 e. The molecule has 0 unspecified atom stereocenters. The van der Waals surface area contributed by atoms with Crippen LogP contribution in [0, 0.1) is 0 Å². The van der Waals surface area contributed by atoms with Crippen molar-refractivity contribution in [2.24, 2.45) is 0 Å². The summed E-state index contributed by atoms with van der Waals surface area (Å²) in [5.41, 5.74) is 2.98. The second-order valence-corrected chi connectivity index (χ2v) is 6.38. The van der Waals surface area contributed by atoms with Gasteiger partial charge in [0.25, 0.3) is 0 Å². The number of hydrogen-bond donors (Lipinski definition) is 0. The van der Waals surface area contributed by atoms with Crippen LogP contribution in [0.2, 0.25) is 0 Å². The lowest BCUT2D eigenvalue weighted by Gasteiger charge is -2.17. The monoisotopic (exact) mass is 320 g/mol. The molecular formula is C19H32N2S. The van der Waals surface area contributed by atoms with Crippen LogP contribution in [0.4, 0.5) is 0 Å². The molecule has 0 bridgehead atoms. The first-order chi connectivity index (χ1) is 10.8. The summed E-state index contributed by atoms with van der Waals surface area (Å²) in [6, 6.07) is 6.91. The minimum atomic E-state index is 1.07. The van der Waals surface area contributed by atoms with E-state index in [0.717, 1.165) is 13.1 Å². The summed E-state index contributed by atoms with van der Waals surface area (Å²) in [6.07, 6.45) is 4.81. The fraction of sp³-hybridized carbons (Fsp3) is 0.579. The van der Waals surface area contributed by atoms with Gasteiger partial charge in [-0.1, -0.05) is 27.7 Å². The van der Waals surface area contributed by atoms with Crippen molar-refractivity contribution in [1.82, 2.24) is 9.47 Å². The highest BCUT2D eigenvalue weighted by atomic mass is 32.2. The van der Waals surface area contributed by atoms with E-state index in [9.17, 15) is 0 Å². The lowest BCUT2D eigenvalue weighted by Crippen LogP contribution is -2.17. The zero-order valence-electron chi connectivity index (χ0n) is 15.1. The summed E-state index contributed by atoms with van der Waals surface area (Å²) in [5, 5.41) is 1.47. The van der Waals surface area contributed by atoms with Crippen LogP contribution in [0.25, 0.3) is 10.9 Å². The van der Waals surface area contributed by atoms with E-state index < -0.39 is 0 Å². The average molecular weight is 321 g/mol. The molecule has 0 spiro atoms. The molecule has 1 aromatic carbocycles. The fourth-order valence-electron chi connectivity index (χ4n) is 2.64. The van der Waals surface area contributed by atoms with Gasteiger partial charge in [-0.2, -0.15) is 0 Å². The topological polar surface area (TPSA) is 8.17 Å². The van der Waals surface area contributed by atoms with E-state index in [4.69, 9.17) is 0 Å². The van der Waals surface area contributed by atoms with E-state index >= 15 is 0 Å². The molecule has 2 aromatic rings. The molecule has 1 aromatic heterocycles. The number of aryl methyl sites for hydroxylation is 1. The Morgan fingerprint density at radius 2 is 1.82 bits per heavy atom. The van der Waals surface area contributed by atoms with Crippen molar-refractivity contribution in [3.8, 4) is 0 Å². The highest BCUT2D eigenvalue weighted by molar-refractivity contribution is 7.99. The number of thioether (sulfide) groups is 1. The number of benzene rings is 1. The van der Waals surface area contributed by atoms with Gasteiger partial charge in [0.05, 0.1) is 0 Å². The number of nitrogens with zero attached hydrogens (tertiary/aromatic N) is 2. The van der Waals surface area contributed by atoms with Crippen LogP contribution >= 0.6 is 11.8 Å². The third-order valence-electron chi connectivity index (χ3n) is 3.64. The van der Waals surface area contributed by atoms with Gasteiger partial charge in [-0.25, -0.2) is 0 Å². The normalized spacial score (nSPS) is 13.0. The van der Waals surface area contributed by atoms with E-state index in [-0.39, 0.29) is 0 Å². The third-order valence-corrected chi connectivity index (χ3v) is 4.82. The quantitative estimate of drug-likeness (QED) is 0.759. The smallest absolute Gasteiger partial charge is 0.0484 e. The summed E-state index contributed by atoms with van der Waals surface area (Å²) >= 11 is 2.01. The second kappa shape index (κ2) is 9.96. The van der Waals surface area contributed by atoms with Gasteiger partial charge in [0, 0.05) is 35.1 Å². The number of aromatic nitrogens is 1. The molecule has 3 heteroatoms. The van der Waals surface area contributed by atoms with Crippen molar-refractivity contribution in [3.05, 3.63) is 30.0 Å². The van der Waals surface area contributed by atoms with Crippen LogP contribution in [0.3, 0.4) is 0 Å². The Kier molecular flexibility index (Phi) is 8.66. The summed E-state index contributed by atoms with van der Waals surface area (Å²) < 4.78 is 2.38. The van der Waals surface area contributed by atoms with Crippen molar-refractivity contribution in [1.29, 1.82) is 0 Å². The van der Waals surface area contributed by atoms with Gasteiger partial charge in [-0.3, -0.25) is 0 Å². The predicted molar refractivity (Wildman–Crippen MR) is 102 cm³/mol. The zero-order valence-corrected chi connectivity index (χ0v) is 16.0. The molecule has 0 atom stereocenters. The van der Waals surface area contributed by atoms with E-state index in [1.165, 1.54) is 34.4 Å². The Labute approximate surface area is 140 Å². The van der Waals surface area contributed by atoms with Crippen LogP contribution < -0.4 is 0 Å². The third kappa shape index (κ3) is 4.53. The molecule has 0 fully saturated rings. The van der Waals surface area contributed by atoms with Crippen molar-refractivity contribution in [3.63, 3.8) is 0 Å². The Morgan fingerprint density at radius 1 is 1.09 bits per heavy atom. The minimum Gasteiger partial charge on any atom is -0.346 e.